The molecular formula is C19H27N3O2. The Morgan fingerprint density at radius 2 is 2.00 bits per heavy atom. The van der Waals surface area contributed by atoms with Crippen LogP contribution in [-0.2, 0) is 4.74 Å². The second-order valence-corrected chi connectivity index (χ2v) is 7.38. The van der Waals surface area contributed by atoms with Crippen LogP contribution in [0.25, 0.3) is 11.0 Å². The molecule has 1 aromatic heterocycles. The van der Waals surface area contributed by atoms with E-state index in [1.807, 2.05) is 35.9 Å². The molecule has 1 saturated carbocycles. The molecule has 2 aromatic rings. The number of benzene rings is 1. The molecular weight excluding hydrogens is 302 g/mol. The van der Waals surface area contributed by atoms with Crippen molar-refractivity contribution in [2.45, 2.75) is 50.2 Å². The van der Waals surface area contributed by atoms with Gasteiger partial charge in [-0.3, -0.25) is 4.57 Å². The summed E-state index contributed by atoms with van der Waals surface area (Å²) >= 11 is 0. The minimum absolute atomic E-state index is 0.0300. The average molecular weight is 329 g/mol. The number of hydrogen-bond donors (Lipinski definition) is 1. The van der Waals surface area contributed by atoms with E-state index in [1.54, 1.807) is 0 Å². The van der Waals surface area contributed by atoms with Gasteiger partial charge in [0.15, 0.2) is 0 Å². The Kier molecular flexibility index (Phi) is 4.22. The number of nitrogens with zero attached hydrogens (tertiary/aromatic N) is 2. The van der Waals surface area contributed by atoms with Gasteiger partial charge in [-0.1, -0.05) is 12.1 Å². The highest BCUT2D eigenvalue weighted by Crippen LogP contribution is 2.38. The third-order valence-electron chi connectivity index (χ3n) is 6.13. The predicted octanol–water partition coefficient (Wildman–Crippen LogP) is 2.93. The van der Waals surface area contributed by atoms with Crippen LogP contribution in [0.2, 0.25) is 0 Å². The first-order valence-electron chi connectivity index (χ1n) is 9.18. The van der Waals surface area contributed by atoms with Crippen molar-refractivity contribution in [1.29, 1.82) is 0 Å². The SMILES string of the molecule is COC1(CCN2CCC(n3c(=O)[nH]c4ccccc43)CC2)CCC1. The van der Waals surface area contributed by atoms with Gasteiger partial charge >= 0.3 is 5.69 Å². The van der Waals surface area contributed by atoms with E-state index in [4.69, 9.17) is 4.74 Å². The van der Waals surface area contributed by atoms with Crippen LogP contribution in [0.5, 0.6) is 0 Å². The summed E-state index contributed by atoms with van der Waals surface area (Å²) in [5, 5.41) is 0. The molecule has 2 aliphatic rings. The summed E-state index contributed by atoms with van der Waals surface area (Å²) in [4.78, 5) is 17.9. The minimum Gasteiger partial charge on any atom is -0.378 e. The Balaban J connectivity index is 1.39. The van der Waals surface area contributed by atoms with Crippen molar-refractivity contribution < 1.29 is 4.74 Å². The first-order chi connectivity index (χ1) is 11.7. The van der Waals surface area contributed by atoms with E-state index in [9.17, 15) is 4.79 Å². The van der Waals surface area contributed by atoms with E-state index >= 15 is 0 Å². The summed E-state index contributed by atoms with van der Waals surface area (Å²) in [5.41, 5.74) is 2.16. The number of para-hydroxylation sites is 2. The monoisotopic (exact) mass is 329 g/mol. The Bertz CT molecular complexity index is 746. The number of rotatable bonds is 5. The molecule has 2 fully saturated rings. The van der Waals surface area contributed by atoms with Crippen molar-refractivity contribution in [1.82, 2.24) is 14.5 Å². The van der Waals surface area contributed by atoms with Crippen LogP contribution in [0.1, 0.15) is 44.6 Å². The van der Waals surface area contributed by atoms with Gasteiger partial charge in [-0.2, -0.15) is 0 Å². The number of hydrogen-bond acceptors (Lipinski definition) is 3. The second-order valence-electron chi connectivity index (χ2n) is 7.38. The van der Waals surface area contributed by atoms with Gasteiger partial charge in [-0.25, -0.2) is 4.79 Å². The van der Waals surface area contributed by atoms with Gasteiger partial charge in [0.1, 0.15) is 0 Å². The van der Waals surface area contributed by atoms with Crippen LogP contribution < -0.4 is 5.69 Å². The van der Waals surface area contributed by atoms with E-state index in [2.05, 4.69) is 9.88 Å². The van der Waals surface area contributed by atoms with Crippen molar-refractivity contribution in [3.63, 3.8) is 0 Å². The molecule has 1 N–H and O–H groups in total. The molecule has 24 heavy (non-hydrogen) atoms. The smallest absolute Gasteiger partial charge is 0.326 e. The Morgan fingerprint density at radius 1 is 1.25 bits per heavy atom. The summed E-state index contributed by atoms with van der Waals surface area (Å²) in [7, 11) is 1.86. The lowest BCUT2D eigenvalue weighted by molar-refractivity contribution is -0.0827. The summed E-state index contributed by atoms with van der Waals surface area (Å²) in [5.74, 6) is 0. The van der Waals surface area contributed by atoms with E-state index in [-0.39, 0.29) is 11.3 Å². The van der Waals surface area contributed by atoms with Crippen LogP contribution in [-0.4, -0.2) is 46.8 Å². The number of methoxy groups -OCH3 is 1. The predicted molar refractivity (Wildman–Crippen MR) is 95.5 cm³/mol. The summed E-state index contributed by atoms with van der Waals surface area (Å²) in [6.07, 6.45) is 6.96. The van der Waals surface area contributed by atoms with Gasteiger partial charge in [-0.05, 0) is 50.7 Å². The first kappa shape index (κ1) is 15.9. The molecule has 4 rings (SSSR count). The average Bonchev–Trinajstić information content (AvgIpc) is 2.91. The number of aromatic nitrogens is 2. The highest BCUT2D eigenvalue weighted by atomic mass is 16.5. The zero-order valence-electron chi connectivity index (χ0n) is 14.5. The number of imidazole rings is 1. The lowest BCUT2D eigenvalue weighted by atomic mass is 9.77. The summed E-state index contributed by atoms with van der Waals surface area (Å²) in [6.45, 7) is 3.25. The molecule has 1 aliphatic heterocycles. The molecule has 1 saturated heterocycles. The van der Waals surface area contributed by atoms with E-state index in [0.717, 1.165) is 49.9 Å². The molecule has 0 bridgehead atoms. The van der Waals surface area contributed by atoms with Crippen LogP contribution >= 0.6 is 0 Å². The highest BCUT2D eigenvalue weighted by molar-refractivity contribution is 5.75. The number of aromatic amines is 1. The maximum absolute atomic E-state index is 12.3. The van der Waals surface area contributed by atoms with Crippen LogP contribution in [0, 0.1) is 0 Å². The van der Waals surface area contributed by atoms with Gasteiger partial charge in [0.05, 0.1) is 16.6 Å². The largest absolute Gasteiger partial charge is 0.378 e. The van der Waals surface area contributed by atoms with Crippen molar-refractivity contribution in [2.24, 2.45) is 0 Å². The fourth-order valence-corrected chi connectivity index (χ4v) is 4.33. The van der Waals surface area contributed by atoms with Crippen LogP contribution in [0.3, 0.4) is 0 Å². The number of piperidine rings is 1. The van der Waals surface area contributed by atoms with Crippen molar-refractivity contribution in [3.8, 4) is 0 Å². The number of fused-ring (bicyclic) bond motifs is 1. The summed E-state index contributed by atoms with van der Waals surface area (Å²) < 4.78 is 7.70. The molecule has 130 valence electrons. The molecule has 1 aliphatic carbocycles. The second kappa shape index (κ2) is 6.37. The topological polar surface area (TPSA) is 50.3 Å². The Morgan fingerprint density at radius 3 is 2.67 bits per heavy atom. The van der Waals surface area contributed by atoms with E-state index in [0.29, 0.717) is 6.04 Å². The van der Waals surface area contributed by atoms with E-state index in [1.165, 1.54) is 19.3 Å². The first-order valence-corrected chi connectivity index (χ1v) is 9.18. The number of ether oxygens (including phenoxy) is 1. The fourth-order valence-electron chi connectivity index (χ4n) is 4.33. The zero-order chi connectivity index (χ0) is 16.6. The molecule has 0 amide bonds. The quantitative estimate of drug-likeness (QED) is 0.917. The number of nitrogens with one attached hydrogen (secondary N) is 1. The fraction of sp³-hybridized carbons (Fsp3) is 0.632. The molecule has 0 radical (unpaired) electrons. The maximum atomic E-state index is 12.3. The third-order valence-corrected chi connectivity index (χ3v) is 6.13. The van der Waals surface area contributed by atoms with Gasteiger partial charge in [0.25, 0.3) is 0 Å². The standard InChI is InChI=1S/C19H27N3O2/c1-24-19(9-4-10-19)11-14-21-12-7-15(8-13-21)22-17-6-3-2-5-16(17)20-18(22)23/h2-3,5-6,15H,4,7-14H2,1H3,(H,20,23). The van der Waals surface area contributed by atoms with Crippen molar-refractivity contribution in [2.75, 3.05) is 26.7 Å². The van der Waals surface area contributed by atoms with E-state index < -0.39 is 0 Å². The number of H-pyrrole nitrogens is 1. The molecule has 0 spiro atoms. The molecule has 2 heterocycles. The molecule has 5 nitrogen and oxygen atoms in total. The van der Waals surface area contributed by atoms with Crippen LogP contribution in [0.4, 0.5) is 0 Å². The number of likely N-dealkylation sites (tertiary alicyclic amines) is 1. The maximum Gasteiger partial charge on any atom is 0.326 e. The van der Waals surface area contributed by atoms with Crippen LogP contribution in [0.15, 0.2) is 29.1 Å². The van der Waals surface area contributed by atoms with Crippen molar-refractivity contribution >= 4 is 11.0 Å². The minimum atomic E-state index is 0.0300. The lowest BCUT2D eigenvalue weighted by Gasteiger charge is -2.42. The Labute approximate surface area is 142 Å². The van der Waals surface area contributed by atoms with Gasteiger partial charge in [0, 0.05) is 32.8 Å². The lowest BCUT2D eigenvalue weighted by Crippen LogP contribution is -2.44. The molecule has 5 heteroatoms. The molecule has 0 atom stereocenters. The van der Waals surface area contributed by atoms with Gasteiger partial charge < -0.3 is 14.6 Å². The zero-order valence-corrected chi connectivity index (χ0v) is 14.5. The molecule has 0 unspecified atom stereocenters. The Hall–Kier alpha value is -1.59. The summed E-state index contributed by atoms with van der Waals surface area (Å²) in [6, 6.07) is 8.30. The van der Waals surface area contributed by atoms with Gasteiger partial charge in [-0.15, -0.1) is 0 Å². The highest BCUT2D eigenvalue weighted by Gasteiger charge is 2.37. The molecule has 1 aromatic carbocycles. The normalized spacial score (nSPS) is 21.9. The van der Waals surface area contributed by atoms with Gasteiger partial charge in [0.2, 0.25) is 0 Å². The third kappa shape index (κ3) is 2.80. The van der Waals surface area contributed by atoms with Crippen molar-refractivity contribution in [3.05, 3.63) is 34.7 Å².